The molecule has 0 radical (unpaired) electrons. The SMILES string of the molecule is O=C1OCCC1Sc1nnc2sc3ccccc3n12. The van der Waals surface area contributed by atoms with Crippen LogP contribution in [0, 0.1) is 0 Å². The Labute approximate surface area is 116 Å². The molecular weight excluding hydrogens is 282 g/mol. The zero-order chi connectivity index (χ0) is 12.8. The van der Waals surface area contributed by atoms with Crippen LogP contribution in [-0.4, -0.2) is 32.4 Å². The minimum absolute atomic E-state index is 0.152. The van der Waals surface area contributed by atoms with Crippen LogP contribution in [0.3, 0.4) is 0 Å². The summed E-state index contributed by atoms with van der Waals surface area (Å²) in [7, 11) is 0. The first-order valence-corrected chi connectivity index (χ1v) is 7.58. The van der Waals surface area contributed by atoms with Crippen LogP contribution < -0.4 is 0 Å². The molecule has 1 saturated heterocycles. The van der Waals surface area contributed by atoms with Gasteiger partial charge in [0.25, 0.3) is 0 Å². The molecule has 0 amide bonds. The normalized spacial score (nSPS) is 19.4. The number of thioether (sulfide) groups is 1. The van der Waals surface area contributed by atoms with Crippen molar-refractivity contribution in [3.8, 4) is 0 Å². The van der Waals surface area contributed by atoms with E-state index in [4.69, 9.17) is 4.74 Å². The van der Waals surface area contributed by atoms with E-state index in [0.29, 0.717) is 6.61 Å². The third-order valence-corrected chi connectivity index (χ3v) is 5.25. The number of hydrogen-bond donors (Lipinski definition) is 0. The lowest BCUT2D eigenvalue weighted by Gasteiger charge is -2.02. The second-order valence-corrected chi connectivity index (χ2v) is 6.41. The standard InChI is InChI=1S/C12H9N3O2S2/c16-10-9(5-6-17-10)19-12-14-13-11-15(12)7-3-1-2-4-8(7)18-11/h1-4,9H,5-6H2. The average Bonchev–Trinajstić information content (AvgIpc) is 3.07. The highest BCUT2D eigenvalue weighted by Gasteiger charge is 2.29. The Hall–Kier alpha value is -1.60. The summed E-state index contributed by atoms with van der Waals surface area (Å²) in [5.74, 6) is -0.152. The smallest absolute Gasteiger partial charge is 0.319 e. The number of carbonyl (C=O) groups is 1. The van der Waals surface area contributed by atoms with Crippen molar-refractivity contribution in [3.05, 3.63) is 24.3 Å². The molecule has 1 aliphatic rings. The Kier molecular flexibility index (Phi) is 2.49. The van der Waals surface area contributed by atoms with E-state index < -0.39 is 0 Å². The number of rotatable bonds is 2. The third kappa shape index (κ3) is 1.73. The fraction of sp³-hybridized carbons (Fsp3) is 0.250. The van der Waals surface area contributed by atoms with Gasteiger partial charge in [0.2, 0.25) is 4.96 Å². The average molecular weight is 291 g/mol. The minimum atomic E-state index is -0.161. The van der Waals surface area contributed by atoms with E-state index in [1.165, 1.54) is 16.5 Å². The van der Waals surface area contributed by atoms with Crippen molar-refractivity contribution in [2.45, 2.75) is 16.8 Å². The lowest BCUT2D eigenvalue weighted by atomic mass is 10.3. The zero-order valence-corrected chi connectivity index (χ0v) is 11.4. The molecule has 3 heterocycles. The summed E-state index contributed by atoms with van der Waals surface area (Å²) in [5, 5.41) is 8.96. The fourth-order valence-electron chi connectivity index (χ4n) is 2.14. The van der Waals surface area contributed by atoms with Crippen LogP contribution in [0.15, 0.2) is 29.4 Å². The Morgan fingerprint density at radius 2 is 2.26 bits per heavy atom. The summed E-state index contributed by atoms with van der Waals surface area (Å²) in [6, 6.07) is 8.10. The predicted octanol–water partition coefficient (Wildman–Crippen LogP) is 2.35. The number of carbonyl (C=O) groups excluding carboxylic acids is 1. The number of cyclic esters (lactones) is 1. The first-order valence-electron chi connectivity index (χ1n) is 5.89. The quantitative estimate of drug-likeness (QED) is 0.678. The highest BCUT2D eigenvalue weighted by Crippen LogP contribution is 2.33. The number of aromatic nitrogens is 3. The summed E-state index contributed by atoms with van der Waals surface area (Å²) in [5.41, 5.74) is 1.08. The molecular formula is C12H9N3O2S2. The molecule has 3 aromatic rings. The number of nitrogens with zero attached hydrogens (tertiary/aromatic N) is 3. The molecule has 0 saturated carbocycles. The molecule has 96 valence electrons. The fourth-order valence-corrected chi connectivity index (χ4v) is 4.18. The van der Waals surface area contributed by atoms with Gasteiger partial charge in [-0.3, -0.25) is 9.20 Å². The van der Waals surface area contributed by atoms with E-state index >= 15 is 0 Å². The van der Waals surface area contributed by atoms with Crippen molar-refractivity contribution in [1.29, 1.82) is 0 Å². The highest BCUT2D eigenvalue weighted by atomic mass is 32.2. The van der Waals surface area contributed by atoms with E-state index in [2.05, 4.69) is 16.3 Å². The summed E-state index contributed by atoms with van der Waals surface area (Å²) in [6.45, 7) is 0.503. The Balaban J connectivity index is 1.83. The molecule has 2 aromatic heterocycles. The largest absolute Gasteiger partial charge is 0.465 e. The molecule has 7 heteroatoms. The van der Waals surface area contributed by atoms with Gasteiger partial charge in [-0.05, 0) is 12.1 Å². The van der Waals surface area contributed by atoms with E-state index in [1.807, 2.05) is 22.6 Å². The molecule has 19 heavy (non-hydrogen) atoms. The van der Waals surface area contributed by atoms with Gasteiger partial charge in [-0.15, -0.1) is 10.2 Å². The van der Waals surface area contributed by atoms with Gasteiger partial charge in [-0.25, -0.2) is 0 Å². The van der Waals surface area contributed by atoms with Gasteiger partial charge in [-0.1, -0.05) is 35.2 Å². The molecule has 0 aliphatic carbocycles. The van der Waals surface area contributed by atoms with Crippen molar-refractivity contribution in [2.75, 3.05) is 6.61 Å². The lowest BCUT2D eigenvalue weighted by molar-refractivity contribution is -0.137. The van der Waals surface area contributed by atoms with Gasteiger partial charge in [0.1, 0.15) is 5.25 Å². The summed E-state index contributed by atoms with van der Waals surface area (Å²) in [6.07, 6.45) is 0.737. The molecule has 4 rings (SSSR count). The first kappa shape index (κ1) is 11.2. The maximum absolute atomic E-state index is 11.5. The molecule has 1 unspecified atom stereocenters. The number of hydrogen-bond acceptors (Lipinski definition) is 6. The van der Waals surface area contributed by atoms with Crippen LogP contribution in [0.4, 0.5) is 0 Å². The zero-order valence-electron chi connectivity index (χ0n) is 9.78. The maximum Gasteiger partial charge on any atom is 0.319 e. The molecule has 1 atom stereocenters. The monoisotopic (exact) mass is 291 g/mol. The Morgan fingerprint density at radius 1 is 1.37 bits per heavy atom. The van der Waals surface area contributed by atoms with E-state index in [0.717, 1.165) is 22.1 Å². The Morgan fingerprint density at radius 3 is 3.11 bits per heavy atom. The van der Waals surface area contributed by atoms with Crippen LogP contribution >= 0.6 is 23.1 Å². The summed E-state index contributed by atoms with van der Waals surface area (Å²) < 4.78 is 8.16. The third-order valence-electron chi connectivity index (χ3n) is 3.05. The second kappa shape index (κ2) is 4.21. The van der Waals surface area contributed by atoms with E-state index in [1.54, 1.807) is 11.3 Å². The van der Waals surface area contributed by atoms with Gasteiger partial charge in [0.05, 0.1) is 16.8 Å². The van der Waals surface area contributed by atoms with Crippen LogP contribution in [0.5, 0.6) is 0 Å². The van der Waals surface area contributed by atoms with Crippen molar-refractivity contribution in [2.24, 2.45) is 0 Å². The molecule has 0 N–H and O–H groups in total. The van der Waals surface area contributed by atoms with E-state index in [9.17, 15) is 4.79 Å². The molecule has 0 bridgehead atoms. The number of benzene rings is 1. The van der Waals surface area contributed by atoms with Gasteiger partial charge in [0, 0.05) is 6.42 Å². The van der Waals surface area contributed by atoms with E-state index in [-0.39, 0.29) is 11.2 Å². The van der Waals surface area contributed by atoms with Gasteiger partial charge in [0.15, 0.2) is 5.16 Å². The topological polar surface area (TPSA) is 56.5 Å². The Bertz CT molecular complexity index is 780. The van der Waals surface area contributed by atoms with Crippen molar-refractivity contribution in [1.82, 2.24) is 14.6 Å². The molecule has 1 fully saturated rings. The first-order chi connectivity index (χ1) is 9.33. The molecule has 0 spiro atoms. The van der Waals surface area contributed by atoms with Crippen LogP contribution in [0.1, 0.15) is 6.42 Å². The molecule has 1 aliphatic heterocycles. The molecule has 1 aromatic carbocycles. The number of thiazole rings is 1. The lowest BCUT2D eigenvalue weighted by Crippen LogP contribution is -2.10. The number of fused-ring (bicyclic) bond motifs is 3. The van der Waals surface area contributed by atoms with Gasteiger partial charge in [-0.2, -0.15) is 0 Å². The van der Waals surface area contributed by atoms with Crippen molar-refractivity contribution >= 4 is 44.2 Å². The van der Waals surface area contributed by atoms with Crippen molar-refractivity contribution < 1.29 is 9.53 Å². The number of esters is 1. The van der Waals surface area contributed by atoms with Gasteiger partial charge >= 0.3 is 5.97 Å². The highest BCUT2D eigenvalue weighted by molar-refractivity contribution is 8.00. The number of para-hydroxylation sites is 1. The second-order valence-electron chi connectivity index (χ2n) is 4.23. The van der Waals surface area contributed by atoms with Crippen LogP contribution in [-0.2, 0) is 9.53 Å². The van der Waals surface area contributed by atoms with Crippen LogP contribution in [0.25, 0.3) is 15.2 Å². The number of ether oxygens (including phenoxy) is 1. The summed E-state index contributed by atoms with van der Waals surface area (Å²) in [4.78, 5) is 12.4. The predicted molar refractivity (Wildman–Crippen MR) is 73.6 cm³/mol. The van der Waals surface area contributed by atoms with Gasteiger partial charge < -0.3 is 4.74 Å². The van der Waals surface area contributed by atoms with Crippen molar-refractivity contribution in [3.63, 3.8) is 0 Å². The minimum Gasteiger partial charge on any atom is -0.465 e. The maximum atomic E-state index is 11.5. The molecule has 5 nitrogen and oxygen atoms in total. The summed E-state index contributed by atoms with van der Waals surface area (Å²) >= 11 is 3.04. The van der Waals surface area contributed by atoms with Crippen LogP contribution in [0.2, 0.25) is 0 Å².